The lowest BCUT2D eigenvalue weighted by molar-refractivity contribution is -0.140. The number of sulfonamides is 1. The Labute approximate surface area is 244 Å². The molecule has 0 aromatic heterocycles. The maximum absolute atomic E-state index is 14.1. The monoisotopic (exact) mass is 603 g/mol. The minimum absolute atomic E-state index is 0.0206. The van der Waals surface area contributed by atoms with Gasteiger partial charge in [-0.15, -0.1) is 0 Å². The summed E-state index contributed by atoms with van der Waals surface area (Å²) in [5.41, 5.74) is 1.15. The molecule has 1 fully saturated rings. The van der Waals surface area contributed by atoms with Crippen molar-refractivity contribution >= 4 is 39.1 Å². The molecule has 0 saturated heterocycles. The van der Waals surface area contributed by atoms with Gasteiger partial charge in [-0.1, -0.05) is 73.0 Å². The Morgan fingerprint density at radius 1 is 0.976 bits per heavy atom. The van der Waals surface area contributed by atoms with Crippen LogP contribution in [0.25, 0.3) is 0 Å². The Kier molecular flexibility index (Phi) is 9.99. The minimum Gasteiger partial charge on any atom is -0.352 e. The zero-order valence-corrected chi connectivity index (χ0v) is 24.2. The lowest BCUT2D eigenvalue weighted by Crippen LogP contribution is -2.54. The number of nitrogens with one attached hydrogen (secondary N) is 1. The Hall–Kier alpha value is -3.50. The fourth-order valence-corrected chi connectivity index (χ4v) is 6.02. The van der Waals surface area contributed by atoms with Crippen LogP contribution in [0.15, 0.2) is 72.8 Å². The van der Waals surface area contributed by atoms with Crippen molar-refractivity contribution in [3.63, 3.8) is 0 Å². The molecule has 11 heteroatoms. The van der Waals surface area contributed by atoms with Crippen LogP contribution in [0.4, 0.5) is 14.5 Å². The van der Waals surface area contributed by atoms with Gasteiger partial charge in [0, 0.05) is 30.1 Å². The van der Waals surface area contributed by atoms with E-state index in [9.17, 15) is 26.8 Å². The number of carbonyl (C=O) groups is 2. The van der Waals surface area contributed by atoms with Gasteiger partial charge >= 0.3 is 0 Å². The zero-order chi connectivity index (χ0) is 29.6. The van der Waals surface area contributed by atoms with Crippen molar-refractivity contribution < 1.29 is 26.8 Å². The van der Waals surface area contributed by atoms with E-state index in [4.69, 9.17) is 11.6 Å². The van der Waals surface area contributed by atoms with Crippen LogP contribution in [0.3, 0.4) is 0 Å². The molecule has 3 aromatic rings. The number of hydrogen-bond acceptors (Lipinski definition) is 4. The molecule has 7 nitrogen and oxygen atoms in total. The molecule has 2 amide bonds. The highest BCUT2D eigenvalue weighted by molar-refractivity contribution is 7.92. The molecule has 1 saturated carbocycles. The van der Waals surface area contributed by atoms with Crippen molar-refractivity contribution in [2.75, 3.05) is 17.1 Å². The van der Waals surface area contributed by atoms with Gasteiger partial charge < -0.3 is 10.2 Å². The highest BCUT2D eigenvalue weighted by Crippen LogP contribution is 2.25. The van der Waals surface area contributed by atoms with Crippen LogP contribution >= 0.6 is 11.6 Å². The zero-order valence-electron chi connectivity index (χ0n) is 22.6. The van der Waals surface area contributed by atoms with Crippen LogP contribution in [0.2, 0.25) is 5.02 Å². The Bertz CT molecular complexity index is 1480. The molecule has 0 aliphatic heterocycles. The minimum atomic E-state index is -4.11. The molecule has 0 radical (unpaired) electrons. The predicted octanol–water partition coefficient (Wildman–Crippen LogP) is 5.08. The van der Waals surface area contributed by atoms with Gasteiger partial charge in [0.2, 0.25) is 21.8 Å². The smallest absolute Gasteiger partial charge is 0.244 e. The van der Waals surface area contributed by atoms with Crippen LogP contribution in [0.1, 0.15) is 36.8 Å². The van der Waals surface area contributed by atoms with Gasteiger partial charge in [-0.25, -0.2) is 17.2 Å². The van der Waals surface area contributed by atoms with E-state index >= 15 is 0 Å². The maximum Gasteiger partial charge on any atom is 0.244 e. The molecule has 0 spiro atoms. The van der Waals surface area contributed by atoms with Gasteiger partial charge in [-0.2, -0.15) is 0 Å². The van der Waals surface area contributed by atoms with E-state index < -0.39 is 40.2 Å². The lowest BCUT2D eigenvalue weighted by atomic mass is 10.0. The molecule has 1 atom stereocenters. The molecule has 0 unspecified atom stereocenters. The number of halogens is 3. The first kappa shape index (κ1) is 30.5. The molecule has 4 rings (SSSR count). The summed E-state index contributed by atoms with van der Waals surface area (Å²) in [7, 11) is -4.11. The van der Waals surface area contributed by atoms with E-state index in [1.54, 1.807) is 24.3 Å². The first-order valence-corrected chi connectivity index (χ1v) is 15.6. The molecule has 0 bridgehead atoms. The summed E-state index contributed by atoms with van der Waals surface area (Å²) in [5.74, 6) is -3.47. The van der Waals surface area contributed by atoms with Gasteiger partial charge in [0.25, 0.3) is 0 Å². The summed E-state index contributed by atoms with van der Waals surface area (Å²) in [6.07, 6.45) is 4.69. The van der Waals surface area contributed by atoms with E-state index in [1.807, 2.05) is 30.3 Å². The third-order valence-electron chi connectivity index (χ3n) is 7.14. The fourth-order valence-electron chi connectivity index (χ4n) is 4.99. The third-order valence-corrected chi connectivity index (χ3v) is 8.65. The second-order valence-electron chi connectivity index (χ2n) is 10.2. The average molecular weight is 604 g/mol. The maximum atomic E-state index is 14.1. The van der Waals surface area contributed by atoms with Crippen molar-refractivity contribution in [1.29, 1.82) is 0 Å². The normalized spacial score (nSPS) is 14.4. The SMILES string of the molecule is CS(=O)(=O)N(CC(=O)N(Cc1ccccc1Cl)[C@@H](Cc1ccccc1)C(=O)NC1CCCC1)c1ccc(F)c(F)c1. The van der Waals surface area contributed by atoms with E-state index in [-0.39, 0.29) is 30.6 Å². The average Bonchev–Trinajstić information content (AvgIpc) is 3.44. The van der Waals surface area contributed by atoms with Gasteiger partial charge in [-0.05, 0) is 42.2 Å². The third kappa shape index (κ3) is 8.04. The largest absolute Gasteiger partial charge is 0.352 e. The van der Waals surface area contributed by atoms with Crippen LogP contribution in [-0.2, 0) is 32.6 Å². The molecule has 1 N–H and O–H groups in total. The van der Waals surface area contributed by atoms with Crippen molar-refractivity contribution in [3.8, 4) is 0 Å². The second kappa shape index (κ2) is 13.4. The standard InChI is InChI=1S/C30H32ClF2N3O4S/c1-41(39,40)36(24-15-16-26(32)27(33)18-24)20-29(37)35(19-22-11-5-8-14-25(22)31)28(17-21-9-3-2-4-10-21)30(38)34-23-12-6-7-13-23/h2-5,8-11,14-16,18,23,28H,6-7,12-13,17,19-20H2,1H3,(H,34,38)/t28-/m0/s1. The summed E-state index contributed by atoms with van der Waals surface area (Å²) >= 11 is 6.44. The summed E-state index contributed by atoms with van der Waals surface area (Å²) < 4.78 is 53.9. The van der Waals surface area contributed by atoms with E-state index in [0.717, 1.165) is 55.7 Å². The Balaban J connectivity index is 1.74. The second-order valence-corrected chi connectivity index (χ2v) is 12.5. The van der Waals surface area contributed by atoms with E-state index in [2.05, 4.69) is 5.32 Å². The first-order chi connectivity index (χ1) is 19.5. The van der Waals surface area contributed by atoms with Gasteiger partial charge in [0.05, 0.1) is 11.9 Å². The summed E-state index contributed by atoms with van der Waals surface area (Å²) in [4.78, 5) is 29.2. The fraction of sp³-hybridized carbons (Fsp3) is 0.333. The number of benzene rings is 3. The summed E-state index contributed by atoms with van der Waals surface area (Å²) in [5, 5.41) is 3.45. The molecule has 41 heavy (non-hydrogen) atoms. The van der Waals surface area contributed by atoms with Crippen molar-refractivity contribution in [2.24, 2.45) is 0 Å². The van der Waals surface area contributed by atoms with Crippen molar-refractivity contribution in [3.05, 3.63) is 101 Å². The van der Waals surface area contributed by atoms with Gasteiger partial charge in [0.15, 0.2) is 11.6 Å². The molecule has 1 aliphatic carbocycles. The van der Waals surface area contributed by atoms with Gasteiger partial charge in [0.1, 0.15) is 12.6 Å². The highest BCUT2D eigenvalue weighted by Gasteiger charge is 2.34. The Morgan fingerprint density at radius 2 is 1.63 bits per heavy atom. The predicted molar refractivity (Wildman–Crippen MR) is 155 cm³/mol. The molecular weight excluding hydrogens is 572 g/mol. The van der Waals surface area contributed by atoms with E-state index in [0.29, 0.717) is 14.9 Å². The van der Waals surface area contributed by atoms with Crippen molar-refractivity contribution in [1.82, 2.24) is 10.2 Å². The highest BCUT2D eigenvalue weighted by atomic mass is 35.5. The molecule has 218 valence electrons. The van der Waals surface area contributed by atoms with E-state index in [1.165, 1.54) is 4.90 Å². The van der Waals surface area contributed by atoms with Crippen molar-refractivity contribution in [2.45, 2.75) is 50.7 Å². The number of nitrogens with zero attached hydrogens (tertiary/aromatic N) is 2. The number of anilines is 1. The number of rotatable bonds is 11. The Morgan fingerprint density at radius 3 is 2.27 bits per heavy atom. The lowest BCUT2D eigenvalue weighted by Gasteiger charge is -2.34. The number of hydrogen-bond donors (Lipinski definition) is 1. The quantitative estimate of drug-likeness (QED) is 0.331. The van der Waals surface area contributed by atoms with Gasteiger partial charge in [-0.3, -0.25) is 13.9 Å². The molecule has 0 heterocycles. The number of carbonyl (C=O) groups excluding carboxylic acids is 2. The van der Waals surface area contributed by atoms with Crippen LogP contribution in [0.5, 0.6) is 0 Å². The molecular formula is C30H32ClF2N3O4S. The van der Waals surface area contributed by atoms with Crippen LogP contribution in [-0.4, -0.2) is 50.0 Å². The topological polar surface area (TPSA) is 86.8 Å². The molecule has 3 aromatic carbocycles. The summed E-state index contributed by atoms with van der Waals surface area (Å²) in [6.45, 7) is -0.820. The molecule has 1 aliphatic rings. The van der Waals surface area contributed by atoms with Crippen LogP contribution in [0, 0.1) is 11.6 Å². The number of amides is 2. The first-order valence-electron chi connectivity index (χ1n) is 13.3. The van der Waals surface area contributed by atoms with Crippen LogP contribution < -0.4 is 9.62 Å². The summed E-state index contributed by atoms with van der Waals surface area (Å²) in [6, 6.07) is 17.6.